The standard InChI is InChI=1S/C72H132O6/c1-4-7-10-13-16-19-22-25-28-31-32-33-34-35-36-37-38-39-40-42-44-47-50-53-56-59-62-65-71(74)77-68-69(67-76-70(73)64-61-58-55-52-49-46-43-30-27-24-21-18-15-12-9-6-3)78-72(75)66-63-60-57-54-51-48-45-41-29-26-23-20-17-14-11-8-5-2/h8,11,17,20,26,29,45,48,69H,4-7,9-10,12-16,18-19,21-25,27-28,30-44,46-47,49-68H2,1-3H3/b11-8-,20-17-,29-26-,48-45-. The Kier molecular flexibility index (Phi) is 64.6. The van der Waals surface area contributed by atoms with Gasteiger partial charge in [0.2, 0.25) is 0 Å². The number of rotatable bonds is 64. The number of ether oxygens (including phenoxy) is 3. The Bertz CT molecular complexity index is 1350. The van der Waals surface area contributed by atoms with Gasteiger partial charge in [-0.1, -0.05) is 345 Å². The van der Waals surface area contributed by atoms with Crippen molar-refractivity contribution < 1.29 is 28.6 Å². The van der Waals surface area contributed by atoms with E-state index in [2.05, 4.69) is 69.4 Å². The van der Waals surface area contributed by atoms with Crippen molar-refractivity contribution >= 4 is 17.9 Å². The number of unbranched alkanes of at least 4 members (excludes halogenated alkanes) is 45. The highest BCUT2D eigenvalue weighted by Gasteiger charge is 2.19. The van der Waals surface area contributed by atoms with Crippen molar-refractivity contribution in [3.63, 3.8) is 0 Å². The van der Waals surface area contributed by atoms with Crippen LogP contribution in [-0.2, 0) is 28.6 Å². The molecule has 0 saturated carbocycles. The van der Waals surface area contributed by atoms with E-state index in [4.69, 9.17) is 14.2 Å². The van der Waals surface area contributed by atoms with E-state index >= 15 is 0 Å². The second kappa shape index (κ2) is 66.9. The molecule has 0 amide bonds. The number of hydrogen-bond donors (Lipinski definition) is 0. The van der Waals surface area contributed by atoms with Crippen molar-refractivity contribution in [1.29, 1.82) is 0 Å². The number of hydrogen-bond acceptors (Lipinski definition) is 6. The molecular formula is C72H132O6. The Hall–Kier alpha value is -2.63. The maximum Gasteiger partial charge on any atom is 0.306 e. The molecule has 0 aromatic rings. The van der Waals surface area contributed by atoms with Gasteiger partial charge in [0.25, 0.3) is 0 Å². The number of carbonyl (C=O) groups excluding carboxylic acids is 3. The minimum Gasteiger partial charge on any atom is -0.462 e. The Balaban J connectivity index is 4.25. The van der Waals surface area contributed by atoms with Crippen LogP contribution in [0.25, 0.3) is 0 Å². The summed E-state index contributed by atoms with van der Waals surface area (Å²) in [5.74, 6) is -0.875. The van der Waals surface area contributed by atoms with Gasteiger partial charge in [0.05, 0.1) is 0 Å². The zero-order valence-corrected chi connectivity index (χ0v) is 52.5. The zero-order chi connectivity index (χ0) is 56.4. The highest BCUT2D eigenvalue weighted by Crippen LogP contribution is 2.19. The second-order valence-electron chi connectivity index (χ2n) is 23.4. The molecule has 6 heteroatoms. The molecule has 0 fully saturated rings. The lowest BCUT2D eigenvalue weighted by Gasteiger charge is -2.18. The van der Waals surface area contributed by atoms with E-state index in [-0.39, 0.29) is 31.1 Å². The molecule has 0 aliphatic rings. The van der Waals surface area contributed by atoms with E-state index < -0.39 is 6.10 Å². The maximum atomic E-state index is 12.9. The van der Waals surface area contributed by atoms with E-state index in [1.54, 1.807) is 0 Å². The maximum absolute atomic E-state index is 12.9. The number of allylic oxidation sites excluding steroid dienone is 8. The van der Waals surface area contributed by atoms with Gasteiger partial charge in [-0.2, -0.15) is 0 Å². The summed E-state index contributed by atoms with van der Waals surface area (Å²) in [5, 5.41) is 0. The molecule has 0 aromatic heterocycles. The fourth-order valence-electron chi connectivity index (χ4n) is 10.4. The fraction of sp³-hybridized carbons (Fsp3) is 0.847. The molecule has 1 atom stereocenters. The van der Waals surface area contributed by atoms with Crippen LogP contribution in [0, 0.1) is 0 Å². The molecule has 0 rings (SSSR count). The predicted molar refractivity (Wildman–Crippen MR) is 339 cm³/mol. The van der Waals surface area contributed by atoms with E-state index in [9.17, 15) is 14.4 Å². The molecule has 0 bridgehead atoms. The average Bonchev–Trinajstić information content (AvgIpc) is 3.44. The third-order valence-electron chi connectivity index (χ3n) is 15.6. The molecule has 0 spiro atoms. The molecule has 1 unspecified atom stereocenters. The lowest BCUT2D eigenvalue weighted by atomic mass is 10.0. The zero-order valence-electron chi connectivity index (χ0n) is 52.5. The van der Waals surface area contributed by atoms with Crippen LogP contribution in [0.5, 0.6) is 0 Å². The van der Waals surface area contributed by atoms with Crippen LogP contribution < -0.4 is 0 Å². The number of esters is 3. The lowest BCUT2D eigenvalue weighted by molar-refractivity contribution is -0.167. The Labute approximate surface area is 486 Å². The van der Waals surface area contributed by atoms with Gasteiger partial charge in [-0.3, -0.25) is 14.4 Å². The largest absolute Gasteiger partial charge is 0.462 e. The Morgan fingerprint density at radius 3 is 0.782 bits per heavy atom. The van der Waals surface area contributed by atoms with E-state index in [0.29, 0.717) is 19.3 Å². The van der Waals surface area contributed by atoms with Crippen molar-refractivity contribution in [2.75, 3.05) is 13.2 Å². The molecule has 0 aliphatic heterocycles. The molecular weight excluding hydrogens is 961 g/mol. The summed E-state index contributed by atoms with van der Waals surface area (Å²) in [4.78, 5) is 38.4. The van der Waals surface area contributed by atoms with Crippen molar-refractivity contribution in [1.82, 2.24) is 0 Å². The summed E-state index contributed by atoms with van der Waals surface area (Å²) in [6, 6.07) is 0. The van der Waals surface area contributed by atoms with Gasteiger partial charge in [0, 0.05) is 19.3 Å². The third kappa shape index (κ3) is 64.2. The van der Waals surface area contributed by atoms with E-state index in [1.807, 2.05) is 0 Å². The van der Waals surface area contributed by atoms with Crippen molar-refractivity contribution in [3.8, 4) is 0 Å². The summed E-state index contributed by atoms with van der Waals surface area (Å²) in [6.45, 7) is 6.58. The quantitative estimate of drug-likeness (QED) is 0.0261. The predicted octanol–water partition coefficient (Wildman–Crippen LogP) is 23.7. The third-order valence-corrected chi connectivity index (χ3v) is 15.6. The van der Waals surface area contributed by atoms with Crippen molar-refractivity contribution in [2.45, 2.75) is 380 Å². The topological polar surface area (TPSA) is 78.9 Å². The van der Waals surface area contributed by atoms with Gasteiger partial charge in [-0.15, -0.1) is 0 Å². The van der Waals surface area contributed by atoms with Gasteiger partial charge in [0.15, 0.2) is 6.10 Å². The van der Waals surface area contributed by atoms with Crippen molar-refractivity contribution in [2.24, 2.45) is 0 Å². The molecule has 0 aliphatic carbocycles. The highest BCUT2D eigenvalue weighted by molar-refractivity contribution is 5.71. The van der Waals surface area contributed by atoms with Crippen LogP contribution in [0.15, 0.2) is 48.6 Å². The monoisotopic (exact) mass is 1090 g/mol. The first-order chi connectivity index (χ1) is 38.5. The molecule has 78 heavy (non-hydrogen) atoms. The van der Waals surface area contributed by atoms with Crippen LogP contribution in [0.4, 0.5) is 0 Å². The summed E-state index contributed by atoms with van der Waals surface area (Å²) < 4.78 is 17.0. The molecule has 0 radical (unpaired) electrons. The summed E-state index contributed by atoms with van der Waals surface area (Å²) in [6.07, 6.45) is 84.3. The number of carbonyl (C=O) groups is 3. The second-order valence-corrected chi connectivity index (χ2v) is 23.4. The van der Waals surface area contributed by atoms with Crippen LogP contribution in [0.1, 0.15) is 374 Å². The van der Waals surface area contributed by atoms with Gasteiger partial charge >= 0.3 is 17.9 Å². The molecule has 0 saturated heterocycles. The first-order valence-electron chi connectivity index (χ1n) is 34.6. The van der Waals surface area contributed by atoms with Gasteiger partial charge in [-0.05, 0) is 57.8 Å². The average molecular weight is 1090 g/mol. The Morgan fingerprint density at radius 1 is 0.269 bits per heavy atom. The molecule has 6 nitrogen and oxygen atoms in total. The smallest absolute Gasteiger partial charge is 0.306 e. The molecule has 456 valence electrons. The SMILES string of the molecule is CC/C=C\C/C=C\C/C=C\C/C=C\CCCCCCC(=O)OC(COC(=O)CCCCCCCCCCCCCCCCCC)COC(=O)CCCCCCCCCCCCCCCCCCCCCCCCCCCCC. The first-order valence-corrected chi connectivity index (χ1v) is 34.6. The van der Waals surface area contributed by atoms with Gasteiger partial charge in [0.1, 0.15) is 13.2 Å². The fourth-order valence-corrected chi connectivity index (χ4v) is 10.4. The molecule has 0 heterocycles. The highest BCUT2D eigenvalue weighted by atomic mass is 16.6. The van der Waals surface area contributed by atoms with Gasteiger partial charge < -0.3 is 14.2 Å². The summed E-state index contributed by atoms with van der Waals surface area (Å²) in [5.41, 5.74) is 0. The normalized spacial score (nSPS) is 12.3. The van der Waals surface area contributed by atoms with E-state index in [0.717, 1.165) is 96.3 Å². The van der Waals surface area contributed by atoms with Gasteiger partial charge in [-0.25, -0.2) is 0 Å². The van der Waals surface area contributed by atoms with Crippen LogP contribution in [-0.4, -0.2) is 37.2 Å². The molecule has 0 aromatic carbocycles. The van der Waals surface area contributed by atoms with Crippen LogP contribution in [0.2, 0.25) is 0 Å². The van der Waals surface area contributed by atoms with Crippen molar-refractivity contribution in [3.05, 3.63) is 48.6 Å². The van der Waals surface area contributed by atoms with Crippen LogP contribution >= 0.6 is 0 Å². The Morgan fingerprint density at radius 2 is 0.500 bits per heavy atom. The summed E-state index contributed by atoms with van der Waals surface area (Å²) >= 11 is 0. The molecule has 0 N–H and O–H groups in total. The summed E-state index contributed by atoms with van der Waals surface area (Å²) in [7, 11) is 0. The first kappa shape index (κ1) is 75.4. The van der Waals surface area contributed by atoms with E-state index in [1.165, 1.54) is 238 Å². The van der Waals surface area contributed by atoms with Crippen LogP contribution in [0.3, 0.4) is 0 Å². The lowest BCUT2D eigenvalue weighted by Crippen LogP contribution is -2.30. The minimum atomic E-state index is -0.784. The minimum absolute atomic E-state index is 0.0781.